The van der Waals surface area contributed by atoms with Crippen molar-refractivity contribution in [2.24, 2.45) is 5.92 Å². The first-order valence-corrected chi connectivity index (χ1v) is 9.13. The lowest BCUT2D eigenvalue weighted by Crippen LogP contribution is -2.31. The molecule has 1 aliphatic rings. The van der Waals surface area contributed by atoms with Crippen LogP contribution in [0.3, 0.4) is 0 Å². The maximum absolute atomic E-state index is 12.2. The summed E-state index contributed by atoms with van der Waals surface area (Å²) in [5, 5.41) is 5.93. The lowest BCUT2D eigenvalue weighted by Gasteiger charge is -2.17. The first-order valence-electron chi connectivity index (χ1n) is 7.88. The largest absolute Gasteiger partial charge is 0.326 e. The number of benzene rings is 1. The van der Waals surface area contributed by atoms with Crippen LogP contribution in [0.15, 0.2) is 29.6 Å². The molecule has 0 atom stereocenters. The van der Waals surface area contributed by atoms with E-state index in [2.05, 4.69) is 10.3 Å². The number of thiazole rings is 1. The third kappa shape index (κ3) is 4.13. The molecule has 1 aromatic heterocycles. The van der Waals surface area contributed by atoms with Crippen LogP contribution < -0.4 is 10.2 Å². The Balaban J connectivity index is 1.61. The van der Waals surface area contributed by atoms with Gasteiger partial charge in [0.1, 0.15) is 0 Å². The van der Waals surface area contributed by atoms with E-state index in [1.807, 2.05) is 12.3 Å². The van der Waals surface area contributed by atoms with Gasteiger partial charge in [0, 0.05) is 28.6 Å². The molecule has 0 radical (unpaired) electrons. The number of nitrogens with one attached hydrogen (secondary N) is 1. The SMILES string of the molecule is CCN(C(=O)C1CC1)c1nc(CC(=O)Nc2ccc(Cl)cc2)cs1. The number of nitrogens with zero attached hydrogens (tertiary/aromatic N) is 2. The fourth-order valence-corrected chi connectivity index (χ4v) is 3.36. The maximum Gasteiger partial charge on any atom is 0.231 e. The topological polar surface area (TPSA) is 62.3 Å². The van der Waals surface area contributed by atoms with Crippen LogP contribution in [0.5, 0.6) is 0 Å². The summed E-state index contributed by atoms with van der Waals surface area (Å²) in [6.07, 6.45) is 2.11. The van der Waals surface area contributed by atoms with Gasteiger partial charge in [0.2, 0.25) is 11.8 Å². The fraction of sp³-hybridized carbons (Fsp3) is 0.353. The van der Waals surface area contributed by atoms with Gasteiger partial charge < -0.3 is 5.32 Å². The second-order valence-electron chi connectivity index (χ2n) is 5.71. The standard InChI is InChI=1S/C17H18ClN3O2S/c1-2-21(16(23)11-3-4-11)17-20-14(10-24-17)9-15(22)19-13-7-5-12(18)6-8-13/h5-8,10-11H,2-4,9H2,1H3,(H,19,22). The molecule has 1 saturated carbocycles. The summed E-state index contributed by atoms with van der Waals surface area (Å²) in [5.41, 5.74) is 1.36. The van der Waals surface area contributed by atoms with Crippen LogP contribution in [-0.2, 0) is 16.0 Å². The van der Waals surface area contributed by atoms with Gasteiger partial charge in [-0.3, -0.25) is 14.5 Å². The average molecular weight is 364 g/mol. The van der Waals surface area contributed by atoms with Gasteiger partial charge in [0.15, 0.2) is 5.13 Å². The lowest BCUT2D eigenvalue weighted by atomic mass is 10.3. The molecule has 2 aromatic rings. The monoisotopic (exact) mass is 363 g/mol. The molecule has 1 heterocycles. The van der Waals surface area contributed by atoms with E-state index < -0.39 is 0 Å². The number of hydrogen-bond acceptors (Lipinski definition) is 4. The Morgan fingerprint density at radius 3 is 2.67 bits per heavy atom. The van der Waals surface area contributed by atoms with Gasteiger partial charge in [-0.2, -0.15) is 0 Å². The minimum absolute atomic E-state index is 0.143. The molecule has 7 heteroatoms. The highest BCUT2D eigenvalue weighted by Gasteiger charge is 2.34. The zero-order valence-electron chi connectivity index (χ0n) is 13.3. The van der Waals surface area contributed by atoms with Crippen LogP contribution in [-0.4, -0.2) is 23.3 Å². The van der Waals surface area contributed by atoms with Crippen LogP contribution in [0.25, 0.3) is 0 Å². The average Bonchev–Trinajstić information content (AvgIpc) is 3.32. The number of amides is 2. The molecule has 24 heavy (non-hydrogen) atoms. The van der Waals surface area contributed by atoms with Gasteiger partial charge in [-0.05, 0) is 44.0 Å². The molecule has 1 aromatic carbocycles. The lowest BCUT2D eigenvalue weighted by molar-refractivity contribution is -0.119. The molecular formula is C17H18ClN3O2S. The van der Waals surface area contributed by atoms with Gasteiger partial charge >= 0.3 is 0 Å². The molecule has 126 valence electrons. The maximum atomic E-state index is 12.2. The van der Waals surface area contributed by atoms with Gasteiger partial charge in [0.05, 0.1) is 12.1 Å². The van der Waals surface area contributed by atoms with Gasteiger partial charge in [-0.25, -0.2) is 4.98 Å². The summed E-state index contributed by atoms with van der Waals surface area (Å²) in [5.74, 6) is 0.153. The first-order chi connectivity index (χ1) is 11.6. The number of carbonyl (C=O) groups is 2. The van der Waals surface area contributed by atoms with E-state index in [0.29, 0.717) is 28.1 Å². The van der Waals surface area contributed by atoms with Crippen molar-refractivity contribution >= 4 is 45.6 Å². The van der Waals surface area contributed by atoms with Crippen molar-refractivity contribution in [1.82, 2.24) is 4.98 Å². The Labute approximate surface area is 149 Å². The van der Waals surface area contributed by atoms with Crippen molar-refractivity contribution in [1.29, 1.82) is 0 Å². The van der Waals surface area contributed by atoms with Crippen molar-refractivity contribution in [2.75, 3.05) is 16.8 Å². The van der Waals surface area contributed by atoms with E-state index >= 15 is 0 Å². The van der Waals surface area contributed by atoms with Crippen molar-refractivity contribution in [3.8, 4) is 0 Å². The molecule has 1 fully saturated rings. The van der Waals surface area contributed by atoms with Crippen molar-refractivity contribution in [2.45, 2.75) is 26.2 Å². The van der Waals surface area contributed by atoms with Crippen LogP contribution in [0.2, 0.25) is 5.02 Å². The molecular weight excluding hydrogens is 346 g/mol. The van der Waals surface area contributed by atoms with Gasteiger partial charge in [-0.15, -0.1) is 11.3 Å². The predicted octanol–water partition coefficient (Wildman–Crippen LogP) is 3.74. The van der Waals surface area contributed by atoms with E-state index in [-0.39, 0.29) is 24.2 Å². The van der Waals surface area contributed by atoms with Crippen LogP contribution in [0.4, 0.5) is 10.8 Å². The smallest absolute Gasteiger partial charge is 0.231 e. The van der Waals surface area contributed by atoms with Crippen molar-refractivity contribution in [3.05, 3.63) is 40.4 Å². The van der Waals surface area contributed by atoms with Gasteiger partial charge in [0.25, 0.3) is 0 Å². The van der Waals surface area contributed by atoms with E-state index in [1.54, 1.807) is 29.2 Å². The third-order valence-electron chi connectivity index (χ3n) is 3.75. The zero-order chi connectivity index (χ0) is 17.1. The molecule has 2 amide bonds. The normalized spacial score (nSPS) is 13.6. The van der Waals surface area contributed by atoms with E-state index in [0.717, 1.165) is 12.8 Å². The Bertz CT molecular complexity index is 741. The molecule has 0 unspecified atom stereocenters. The Morgan fingerprint density at radius 1 is 1.33 bits per heavy atom. The summed E-state index contributed by atoms with van der Waals surface area (Å²) in [6, 6.07) is 6.95. The zero-order valence-corrected chi connectivity index (χ0v) is 14.9. The summed E-state index contributed by atoms with van der Waals surface area (Å²) in [4.78, 5) is 30.5. The summed E-state index contributed by atoms with van der Waals surface area (Å²) in [6.45, 7) is 2.54. The minimum Gasteiger partial charge on any atom is -0.326 e. The number of carbonyl (C=O) groups excluding carboxylic acids is 2. The summed E-state index contributed by atoms with van der Waals surface area (Å²) in [7, 11) is 0. The molecule has 0 saturated heterocycles. The van der Waals surface area contributed by atoms with Crippen LogP contribution in [0, 0.1) is 5.92 Å². The number of hydrogen-bond donors (Lipinski definition) is 1. The number of anilines is 2. The quantitative estimate of drug-likeness (QED) is 0.850. The highest BCUT2D eigenvalue weighted by molar-refractivity contribution is 7.14. The third-order valence-corrected chi connectivity index (χ3v) is 4.91. The molecule has 3 rings (SSSR count). The molecule has 0 aliphatic heterocycles. The van der Waals surface area contributed by atoms with Crippen LogP contribution >= 0.6 is 22.9 Å². The molecule has 1 N–H and O–H groups in total. The highest BCUT2D eigenvalue weighted by Crippen LogP contribution is 2.33. The second-order valence-corrected chi connectivity index (χ2v) is 6.98. The number of aromatic nitrogens is 1. The number of rotatable bonds is 6. The Hall–Kier alpha value is -1.92. The molecule has 1 aliphatic carbocycles. The molecule has 0 bridgehead atoms. The van der Waals surface area contributed by atoms with E-state index in [9.17, 15) is 9.59 Å². The Kier molecular flexibility index (Phi) is 5.16. The van der Waals surface area contributed by atoms with E-state index in [4.69, 9.17) is 11.6 Å². The van der Waals surface area contributed by atoms with E-state index in [1.165, 1.54) is 11.3 Å². The number of halogens is 1. The predicted molar refractivity (Wildman–Crippen MR) is 96.7 cm³/mol. The van der Waals surface area contributed by atoms with Crippen molar-refractivity contribution < 1.29 is 9.59 Å². The van der Waals surface area contributed by atoms with Crippen molar-refractivity contribution in [3.63, 3.8) is 0 Å². The second kappa shape index (κ2) is 7.32. The fourth-order valence-electron chi connectivity index (χ4n) is 2.34. The summed E-state index contributed by atoms with van der Waals surface area (Å²) < 4.78 is 0. The first kappa shape index (κ1) is 16.9. The summed E-state index contributed by atoms with van der Waals surface area (Å²) >= 11 is 7.23. The molecule has 0 spiro atoms. The molecule has 5 nitrogen and oxygen atoms in total. The van der Waals surface area contributed by atoms with Crippen LogP contribution in [0.1, 0.15) is 25.5 Å². The highest BCUT2D eigenvalue weighted by atomic mass is 35.5. The Morgan fingerprint density at radius 2 is 2.04 bits per heavy atom. The minimum atomic E-state index is -0.147. The van der Waals surface area contributed by atoms with Gasteiger partial charge in [-0.1, -0.05) is 11.6 Å².